The van der Waals surface area contributed by atoms with Crippen molar-refractivity contribution in [1.29, 1.82) is 0 Å². The molecule has 3 heteroatoms. The molecule has 2 aromatic carbocycles. The van der Waals surface area contributed by atoms with Crippen molar-refractivity contribution in [3.05, 3.63) is 70.5 Å². The molecule has 0 bridgehead atoms. The minimum Gasteiger partial charge on any atom is -0.327 e. The Balaban J connectivity index is 2.18. The highest BCUT2D eigenvalue weighted by molar-refractivity contribution is 6.30. The Morgan fingerprint density at radius 1 is 1.10 bits per heavy atom. The van der Waals surface area contributed by atoms with E-state index in [9.17, 15) is 4.39 Å². The highest BCUT2D eigenvalue weighted by Gasteiger charge is 2.20. The lowest BCUT2D eigenvalue weighted by Crippen LogP contribution is -2.30. The predicted molar refractivity (Wildman–Crippen MR) is 82.6 cm³/mol. The van der Waals surface area contributed by atoms with Crippen molar-refractivity contribution in [2.45, 2.75) is 31.7 Å². The minimum absolute atomic E-state index is 0.129. The molecule has 1 nitrogen and oxygen atoms in total. The average molecular weight is 292 g/mol. The van der Waals surface area contributed by atoms with Gasteiger partial charge >= 0.3 is 0 Å². The number of nitrogens with two attached hydrogens (primary N) is 1. The standard InChI is InChI=1S/C17H19ClFN/c1-2-14(12-7-4-3-5-8-12)16(20)11-13-9-6-10-15(18)17(13)19/h3-10,14,16H,2,11,20H2,1H3. The van der Waals surface area contributed by atoms with Gasteiger partial charge in [-0.2, -0.15) is 0 Å². The normalized spacial score (nSPS) is 14.0. The Labute approximate surface area is 124 Å². The van der Waals surface area contributed by atoms with E-state index in [4.69, 9.17) is 17.3 Å². The molecule has 0 heterocycles. The summed E-state index contributed by atoms with van der Waals surface area (Å²) >= 11 is 5.81. The highest BCUT2D eigenvalue weighted by Crippen LogP contribution is 2.26. The van der Waals surface area contributed by atoms with Gasteiger partial charge in [0.2, 0.25) is 0 Å². The van der Waals surface area contributed by atoms with E-state index >= 15 is 0 Å². The van der Waals surface area contributed by atoms with Crippen LogP contribution in [-0.2, 0) is 6.42 Å². The van der Waals surface area contributed by atoms with E-state index in [1.165, 1.54) is 5.56 Å². The smallest absolute Gasteiger partial charge is 0.145 e. The molecule has 0 spiro atoms. The Morgan fingerprint density at radius 3 is 2.45 bits per heavy atom. The van der Waals surface area contributed by atoms with Crippen LogP contribution < -0.4 is 5.73 Å². The molecule has 0 aliphatic carbocycles. The number of hydrogen-bond donors (Lipinski definition) is 1. The van der Waals surface area contributed by atoms with Crippen LogP contribution >= 0.6 is 11.6 Å². The molecular weight excluding hydrogens is 273 g/mol. The van der Waals surface area contributed by atoms with Crippen LogP contribution in [0.15, 0.2) is 48.5 Å². The minimum atomic E-state index is -0.354. The van der Waals surface area contributed by atoms with Crippen molar-refractivity contribution in [1.82, 2.24) is 0 Å². The molecule has 0 saturated heterocycles. The molecule has 0 fully saturated rings. The second-order valence-electron chi connectivity index (χ2n) is 5.01. The Kier molecular flexibility index (Phi) is 5.16. The predicted octanol–water partition coefficient (Wildman–Crippen LogP) is 4.54. The number of benzene rings is 2. The molecule has 0 saturated carbocycles. The van der Waals surface area contributed by atoms with Crippen LogP contribution in [0.1, 0.15) is 30.4 Å². The Bertz CT molecular complexity index is 556. The number of halogens is 2. The molecule has 0 aliphatic heterocycles. The van der Waals surface area contributed by atoms with Gasteiger partial charge in [-0.05, 0) is 36.0 Å². The quantitative estimate of drug-likeness (QED) is 0.860. The number of hydrogen-bond acceptors (Lipinski definition) is 1. The van der Waals surface area contributed by atoms with Gasteiger partial charge in [0.05, 0.1) is 5.02 Å². The maximum absolute atomic E-state index is 13.9. The zero-order chi connectivity index (χ0) is 14.5. The molecule has 106 valence electrons. The third kappa shape index (κ3) is 3.38. The fourth-order valence-electron chi connectivity index (χ4n) is 2.59. The molecule has 2 unspecified atom stereocenters. The first-order valence-electron chi connectivity index (χ1n) is 6.87. The summed E-state index contributed by atoms with van der Waals surface area (Å²) in [5.74, 6) is -0.137. The van der Waals surface area contributed by atoms with Gasteiger partial charge in [0, 0.05) is 6.04 Å². The average Bonchev–Trinajstić information content (AvgIpc) is 2.46. The summed E-state index contributed by atoms with van der Waals surface area (Å²) < 4.78 is 13.9. The van der Waals surface area contributed by atoms with E-state index in [1.807, 2.05) is 18.2 Å². The van der Waals surface area contributed by atoms with E-state index in [-0.39, 0.29) is 22.8 Å². The van der Waals surface area contributed by atoms with Gasteiger partial charge < -0.3 is 5.73 Å². The van der Waals surface area contributed by atoms with E-state index in [0.717, 1.165) is 6.42 Å². The lowest BCUT2D eigenvalue weighted by atomic mass is 9.86. The van der Waals surface area contributed by atoms with Gasteiger partial charge in [-0.25, -0.2) is 4.39 Å². The third-order valence-electron chi connectivity index (χ3n) is 3.67. The van der Waals surface area contributed by atoms with Crippen LogP contribution in [0, 0.1) is 5.82 Å². The van der Waals surface area contributed by atoms with Crippen molar-refractivity contribution in [3.63, 3.8) is 0 Å². The van der Waals surface area contributed by atoms with Crippen LogP contribution in [-0.4, -0.2) is 6.04 Å². The van der Waals surface area contributed by atoms with Gasteiger partial charge in [0.1, 0.15) is 5.82 Å². The van der Waals surface area contributed by atoms with Gasteiger partial charge in [-0.15, -0.1) is 0 Å². The van der Waals surface area contributed by atoms with Gasteiger partial charge in [0.25, 0.3) is 0 Å². The van der Waals surface area contributed by atoms with Gasteiger partial charge in [-0.1, -0.05) is 61.0 Å². The summed E-state index contributed by atoms with van der Waals surface area (Å²) in [6.07, 6.45) is 1.41. The van der Waals surface area contributed by atoms with Crippen LogP contribution in [0.4, 0.5) is 4.39 Å². The molecule has 0 radical (unpaired) electrons. The summed E-state index contributed by atoms with van der Waals surface area (Å²) in [5, 5.41) is 0.155. The monoisotopic (exact) mass is 291 g/mol. The summed E-state index contributed by atoms with van der Waals surface area (Å²) in [7, 11) is 0. The molecule has 2 N–H and O–H groups in total. The zero-order valence-corrected chi connectivity index (χ0v) is 12.3. The van der Waals surface area contributed by atoms with E-state index in [1.54, 1.807) is 18.2 Å². The molecule has 2 aromatic rings. The summed E-state index contributed by atoms with van der Waals surface area (Å²) in [6, 6.07) is 15.1. The van der Waals surface area contributed by atoms with Gasteiger partial charge in [-0.3, -0.25) is 0 Å². The fraction of sp³-hybridized carbons (Fsp3) is 0.294. The molecule has 2 atom stereocenters. The Morgan fingerprint density at radius 2 is 1.80 bits per heavy atom. The van der Waals surface area contributed by atoms with E-state index < -0.39 is 0 Å². The maximum atomic E-state index is 13.9. The van der Waals surface area contributed by atoms with Crippen LogP contribution in [0.2, 0.25) is 5.02 Å². The molecule has 0 aromatic heterocycles. The summed E-state index contributed by atoms with van der Waals surface area (Å²) in [5.41, 5.74) is 8.08. The van der Waals surface area contributed by atoms with Crippen molar-refractivity contribution in [2.24, 2.45) is 5.73 Å². The SMILES string of the molecule is CCC(c1ccccc1)C(N)Cc1cccc(Cl)c1F. The van der Waals surface area contributed by atoms with Crippen LogP contribution in [0.25, 0.3) is 0 Å². The molecule has 20 heavy (non-hydrogen) atoms. The zero-order valence-electron chi connectivity index (χ0n) is 11.5. The highest BCUT2D eigenvalue weighted by atomic mass is 35.5. The first-order valence-corrected chi connectivity index (χ1v) is 7.24. The first-order chi connectivity index (χ1) is 9.63. The summed E-state index contributed by atoms with van der Waals surface area (Å²) in [6.45, 7) is 2.10. The largest absolute Gasteiger partial charge is 0.327 e. The second-order valence-corrected chi connectivity index (χ2v) is 5.41. The van der Waals surface area contributed by atoms with Crippen molar-refractivity contribution < 1.29 is 4.39 Å². The van der Waals surface area contributed by atoms with Crippen molar-refractivity contribution >= 4 is 11.6 Å². The lowest BCUT2D eigenvalue weighted by Gasteiger charge is -2.23. The van der Waals surface area contributed by atoms with E-state index in [0.29, 0.717) is 12.0 Å². The van der Waals surface area contributed by atoms with Gasteiger partial charge in [0.15, 0.2) is 0 Å². The molecule has 0 aliphatic rings. The third-order valence-corrected chi connectivity index (χ3v) is 3.96. The summed E-state index contributed by atoms with van der Waals surface area (Å²) in [4.78, 5) is 0. The van der Waals surface area contributed by atoms with Crippen molar-refractivity contribution in [2.75, 3.05) is 0 Å². The van der Waals surface area contributed by atoms with Crippen LogP contribution in [0.5, 0.6) is 0 Å². The maximum Gasteiger partial charge on any atom is 0.145 e. The molecule has 0 amide bonds. The lowest BCUT2D eigenvalue weighted by molar-refractivity contribution is 0.502. The number of rotatable bonds is 5. The molecule has 2 rings (SSSR count). The fourth-order valence-corrected chi connectivity index (χ4v) is 2.78. The molecular formula is C17H19ClFN. The van der Waals surface area contributed by atoms with E-state index in [2.05, 4.69) is 19.1 Å². The second kappa shape index (κ2) is 6.87. The van der Waals surface area contributed by atoms with Crippen LogP contribution in [0.3, 0.4) is 0 Å². The van der Waals surface area contributed by atoms with Crippen molar-refractivity contribution in [3.8, 4) is 0 Å². The topological polar surface area (TPSA) is 26.0 Å². The Hall–Kier alpha value is -1.38. The first kappa shape index (κ1) is 15.0.